The Bertz CT molecular complexity index is 903. The van der Waals surface area contributed by atoms with Crippen LogP contribution in [0.3, 0.4) is 0 Å². The number of hydrogen-bond donors (Lipinski definition) is 1. The summed E-state index contributed by atoms with van der Waals surface area (Å²) in [5, 5.41) is 7.23. The van der Waals surface area contributed by atoms with Gasteiger partial charge < -0.3 is 15.1 Å². The highest BCUT2D eigenvalue weighted by Crippen LogP contribution is 2.51. The van der Waals surface area contributed by atoms with Crippen molar-refractivity contribution in [3.05, 3.63) is 24.7 Å². The third kappa shape index (κ3) is 2.96. The number of fused-ring (bicyclic) bond motifs is 2. The zero-order valence-electron chi connectivity index (χ0n) is 15.4. The average Bonchev–Trinajstić information content (AvgIpc) is 2.96. The van der Waals surface area contributed by atoms with Gasteiger partial charge in [0.1, 0.15) is 11.7 Å². The predicted octanol–water partition coefficient (Wildman–Crippen LogP) is 1.79. The Labute approximate surface area is 160 Å². The van der Waals surface area contributed by atoms with Crippen LogP contribution in [-0.2, 0) is 11.8 Å². The Morgan fingerprint density at radius 3 is 2.61 bits per heavy atom. The summed E-state index contributed by atoms with van der Waals surface area (Å²) < 4.78 is 28.4. The second kappa shape index (κ2) is 6.11. The molecule has 5 rings (SSSR count). The molecule has 2 aromatic rings. The third-order valence-electron chi connectivity index (χ3n) is 5.79. The van der Waals surface area contributed by atoms with Crippen molar-refractivity contribution in [2.24, 2.45) is 13.0 Å². The fourth-order valence-electron chi connectivity index (χ4n) is 4.31. The van der Waals surface area contributed by atoms with E-state index in [2.05, 4.69) is 25.3 Å². The van der Waals surface area contributed by atoms with E-state index < -0.39 is 11.8 Å². The largest absolute Gasteiger partial charge is 0.352 e. The highest BCUT2D eigenvalue weighted by atomic mass is 19.3. The Kier molecular flexibility index (Phi) is 3.78. The quantitative estimate of drug-likeness (QED) is 0.859. The minimum Gasteiger partial charge on any atom is -0.352 e. The third-order valence-corrected chi connectivity index (χ3v) is 5.79. The minimum absolute atomic E-state index is 0.0349. The molecule has 8 nitrogen and oxygen atoms in total. The molecule has 10 heteroatoms. The van der Waals surface area contributed by atoms with Crippen LogP contribution in [0.1, 0.15) is 19.3 Å². The maximum absolute atomic E-state index is 13.4. The highest BCUT2D eigenvalue weighted by Gasteiger charge is 2.64. The van der Waals surface area contributed by atoms with Crippen molar-refractivity contribution in [2.45, 2.75) is 37.3 Å². The van der Waals surface area contributed by atoms with Gasteiger partial charge in [0.15, 0.2) is 0 Å². The summed E-state index contributed by atoms with van der Waals surface area (Å²) in [6.45, 7) is 1.20. The van der Waals surface area contributed by atoms with Crippen LogP contribution in [0.2, 0.25) is 0 Å². The van der Waals surface area contributed by atoms with Gasteiger partial charge in [0.05, 0.1) is 11.9 Å². The summed E-state index contributed by atoms with van der Waals surface area (Å²) in [7, 11) is 1.83. The first-order valence-electron chi connectivity index (χ1n) is 9.44. The summed E-state index contributed by atoms with van der Waals surface area (Å²) in [5.41, 5.74) is 0.792. The number of aryl methyl sites for hydroxylation is 1. The molecule has 2 bridgehead atoms. The van der Waals surface area contributed by atoms with Gasteiger partial charge in [-0.05, 0) is 18.9 Å². The van der Waals surface area contributed by atoms with Crippen LogP contribution in [-0.4, -0.2) is 61.7 Å². The van der Waals surface area contributed by atoms with E-state index in [1.807, 2.05) is 19.3 Å². The van der Waals surface area contributed by atoms with Crippen molar-refractivity contribution in [2.75, 3.05) is 23.3 Å². The van der Waals surface area contributed by atoms with Crippen molar-refractivity contribution >= 4 is 23.4 Å². The number of alkyl halides is 2. The van der Waals surface area contributed by atoms with Gasteiger partial charge in [-0.2, -0.15) is 10.1 Å². The molecular formula is C18H21F2N7O. The second-order valence-electron chi connectivity index (χ2n) is 7.82. The summed E-state index contributed by atoms with van der Waals surface area (Å²) in [6, 6.07) is 1.76. The Hall–Kier alpha value is -2.78. The summed E-state index contributed by atoms with van der Waals surface area (Å²) in [5.74, 6) is -3.07. The van der Waals surface area contributed by atoms with Crippen molar-refractivity contribution < 1.29 is 13.6 Å². The molecule has 4 heterocycles. The number of nitrogens with zero attached hydrogens (tertiary/aromatic N) is 6. The fourth-order valence-corrected chi connectivity index (χ4v) is 4.31. The maximum Gasteiger partial charge on any atom is 0.260 e. The number of anilines is 3. The van der Waals surface area contributed by atoms with Crippen LogP contribution in [0.25, 0.3) is 0 Å². The normalized spacial score (nSPS) is 27.8. The highest BCUT2D eigenvalue weighted by molar-refractivity contribution is 5.84. The molecule has 3 fully saturated rings. The molecule has 1 amide bonds. The smallest absolute Gasteiger partial charge is 0.260 e. The molecule has 3 atom stereocenters. The lowest BCUT2D eigenvalue weighted by atomic mass is 10.1. The van der Waals surface area contributed by atoms with E-state index >= 15 is 0 Å². The Morgan fingerprint density at radius 2 is 2.00 bits per heavy atom. The predicted molar refractivity (Wildman–Crippen MR) is 97.4 cm³/mol. The Balaban J connectivity index is 1.30. The molecule has 0 radical (unpaired) electrons. The molecule has 28 heavy (non-hydrogen) atoms. The van der Waals surface area contributed by atoms with E-state index in [4.69, 9.17) is 0 Å². The van der Waals surface area contributed by atoms with Crippen LogP contribution in [0.15, 0.2) is 24.7 Å². The van der Waals surface area contributed by atoms with Crippen molar-refractivity contribution in [1.82, 2.24) is 24.6 Å². The first-order chi connectivity index (χ1) is 13.4. The zero-order valence-corrected chi connectivity index (χ0v) is 15.4. The number of aromatic nitrogens is 4. The summed E-state index contributed by atoms with van der Waals surface area (Å²) in [6.07, 6.45) is 6.59. The number of amides is 1. The van der Waals surface area contributed by atoms with Gasteiger partial charge in [0.2, 0.25) is 11.9 Å². The van der Waals surface area contributed by atoms with Crippen LogP contribution >= 0.6 is 0 Å². The molecule has 2 aromatic heterocycles. The second-order valence-corrected chi connectivity index (χ2v) is 7.82. The van der Waals surface area contributed by atoms with Gasteiger partial charge in [-0.3, -0.25) is 9.48 Å². The molecule has 3 aliphatic rings. The molecule has 1 aliphatic carbocycles. The van der Waals surface area contributed by atoms with E-state index in [1.54, 1.807) is 22.0 Å². The molecule has 0 spiro atoms. The monoisotopic (exact) mass is 389 g/mol. The van der Waals surface area contributed by atoms with Gasteiger partial charge in [-0.15, -0.1) is 0 Å². The summed E-state index contributed by atoms with van der Waals surface area (Å²) in [4.78, 5) is 25.2. The van der Waals surface area contributed by atoms with Crippen LogP contribution in [0.5, 0.6) is 0 Å². The minimum atomic E-state index is -2.81. The lowest BCUT2D eigenvalue weighted by molar-refractivity contribution is -0.138. The number of rotatable bonds is 4. The molecule has 1 N–H and O–H groups in total. The molecule has 148 valence electrons. The molecule has 0 aromatic carbocycles. The van der Waals surface area contributed by atoms with Crippen LogP contribution in [0.4, 0.5) is 26.2 Å². The van der Waals surface area contributed by atoms with Gasteiger partial charge in [0.25, 0.3) is 5.92 Å². The topological polar surface area (TPSA) is 79.2 Å². The van der Waals surface area contributed by atoms with E-state index in [9.17, 15) is 13.6 Å². The average molecular weight is 389 g/mol. The standard InChI is InChI=1S/C18H21F2N7O/c1-25-8-11(7-22-25)23-17-21-5-4-15(24-17)26-9-12-2-3-13(10-26)27(12)16(28)14-6-18(14,19)20/h4-5,7-8,12-14H,2-3,6,9-10H2,1H3,(H,21,23,24)/t12-,13-,14-/m1/s1. The molecule has 0 unspecified atom stereocenters. The molecule has 2 aliphatic heterocycles. The van der Waals surface area contributed by atoms with Crippen molar-refractivity contribution in [3.8, 4) is 0 Å². The molecule has 2 saturated heterocycles. The van der Waals surface area contributed by atoms with Gasteiger partial charge in [-0.1, -0.05) is 0 Å². The van der Waals surface area contributed by atoms with Gasteiger partial charge in [-0.25, -0.2) is 13.8 Å². The van der Waals surface area contributed by atoms with Crippen LogP contribution in [0, 0.1) is 5.92 Å². The number of hydrogen-bond acceptors (Lipinski definition) is 6. The van der Waals surface area contributed by atoms with E-state index in [1.165, 1.54) is 0 Å². The number of carbonyl (C=O) groups is 1. The number of piperazine rings is 1. The first kappa shape index (κ1) is 17.3. The maximum atomic E-state index is 13.4. The molecule has 1 saturated carbocycles. The van der Waals surface area contributed by atoms with Crippen molar-refractivity contribution in [1.29, 1.82) is 0 Å². The van der Waals surface area contributed by atoms with Gasteiger partial charge >= 0.3 is 0 Å². The van der Waals surface area contributed by atoms with Crippen LogP contribution < -0.4 is 10.2 Å². The lowest BCUT2D eigenvalue weighted by Crippen LogP contribution is -2.56. The summed E-state index contributed by atoms with van der Waals surface area (Å²) >= 11 is 0. The van der Waals surface area contributed by atoms with E-state index in [-0.39, 0.29) is 24.4 Å². The Morgan fingerprint density at radius 1 is 1.29 bits per heavy atom. The number of carbonyl (C=O) groups excluding carboxylic acids is 1. The number of halogens is 2. The fraction of sp³-hybridized carbons (Fsp3) is 0.556. The first-order valence-corrected chi connectivity index (χ1v) is 9.44. The zero-order chi connectivity index (χ0) is 19.5. The SMILES string of the molecule is Cn1cc(Nc2nccc(N3C[C@H]4CC[C@H](C3)N4C(=O)[C@H]3CC3(F)F)n2)cn1. The molecular weight excluding hydrogens is 368 g/mol. The van der Waals surface area contributed by atoms with E-state index in [0.717, 1.165) is 24.3 Å². The lowest BCUT2D eigenvalue weighted by Gasteiger charge is -2.41. The van der Waals surface area contributed by atoms with Gasteiger partial charge in [0, 0.05) is 51.0 Å². The number of nitrogens with one attached hydrogen (secondary N) is 1. The van der Waals surface area contributed by atoms with Crippen molar-refractivity contribution in [3.63, 3.8) is 0 Å². The van der Waals surface area contributed by atoms with E-state index in [0.29, 0.717) is 19.0 Å².